The summed E-state index contributed by atoms with van der Waals surface area (Å²) >= 11 is 0. The topological polar surface area (TPSA) is 3.01 Å². The lowest BCUT2D eigenvalue weighted by molar-refractivity contribution is -0.418. The average Bonchev–Trinajstić information content (AvgIpc) is 2.62. The molecule has 0 aromatic heterocycles. The third kappa shape index (κ3) is 4.81. The molecule has 0 saturated heterocycles. The molecule has 1 aliphatic rings. The van der Waals surface area contributed by atoms with Crippen LogP contribution in [0.5, 0.6) is 0 Å². The Labute approximate surface area is 178 Å². The van der Waals surface area contributed by atoms with Crippen molar-refractivity contribution < 1.29 is 4.58 Å². The Balaban J connectivity index is 2.09. The van der Waals surface area contributed by atoms with E-state index in [9.17, 15) is 0 Å². The minimum atomic E-state index is -1.50. The Morgan fingerprint density at radius 1 is 1.00 bits per heavy atom. The summed E-state index contributed by atoms with van der Waals surface area (Å²) < 4.78 is 2.09. The maximum Gasteiger partial charge on any atom is 0.147 e. The normalized spacial score (nSPS) is 15.3. The van der Waals surface area contributed by atoms with E-state index >= 15 is 0 Å². The number of hydrogen-bond donors (Lipinski definition) is 0. The molecule has 1 nitrogen and oxygen atoms in total. The fraction of sp³-hybridized carbons (Fsp3) is 0.333. The van der Waals surface area contributed by atoms with Crippen molar-refractivity contribution in [2.45, 2.75) is 59.2 Å². The summed E-state index contributed by atoms with van der Waals surface area (Å²) in [5, 5.41) is 1.49. The fourth-order valence-electron chi connectivity index (χ4n) is 3.87. The fourth-order valence-corrected chi connectivity index (χ4v) is 5.54. The highest BCUT2D eigenvalue weighted by atomic mass is 28.3. The van der Waals surface area contributed by atoms with Crippen molar-refractivity contribution in [3.63, 3.8) is 0 Å². The number of allylic oxidation sites excluding steroid dienone is 2. The van der Waals surface area contributed by atoms with Crippen LogP contribution < -0.4 is 0 Å². The molecule has 2 aromatic rings. The number of nitrogens with zero attached hydrogens (tertiary/aromatic N) is 1. The lowest BCUT2D eigenvalue weighted by atomic mass is 9.83. The molecular formula is C27H35NSi. The molecule has 3 rings (SSSR count). The predicted octanol–water partition coefficient (Wildman–Crippen LogP) is 6.83. The standard InChI is InChI=1S/C27H35NSi/c1-20-14-15-23(27(2,3)4)18-24(20)25-17-22(16-21-12-10-9-11-13-21)26(19-28(25)5)29(6,7)8/h9-15,17-19H,5,16H2,1-4,6-8H3. The molecule has 0 fully saturated rings. The van der Waals surface area contributed by atoms with Gasteiger partial charge in [-0.05, 0) is 34.2 Å². The van der Waals surface area contributed by atoms with Gasteiger partial charge in [0.05, 0.1) is 14.8 Å². The zero-order valence-electron chi connectivity index (χ0n) is 19.1. The quantitative estimate of drug-likeness (QED) is 0.300. The summed E-state index contributed by atoms with van der Waals surface area (Å²) in [5.41, 5.74) is 6.85. The van der Waals surface area contributed by atoms with Gasteiger partial charge in [-0.3, -0.25) is 4.58 Å². The average molecular weight is 402 g/mol. The zero-order valence-corrected chi connectivity index (χ0v) is 20.1. The Morgan fingerprint density at radius 2 is 1.66 bits per heavy atom. The summed E-state index contributed by atoms with van der Waals surface area (Å²) in [6.45, 7) is 20.7. The molecule has 0 N–H and O–H groups in total. The van der Waals surface area contributed by atoms with E-state index < -0.39 is 8.07 Å². The van der Waals surface area contributed by atoms with Crippen molar-refractivity contribution in [3.8, 4) is 0 Å². The van der Waals surface area contributed by atoms with E-state index in [2.05, 4.69) is 119 Å². The molecule has 2 heteroatoms. The number of aryl methyl sites for hydroxylation is 1. The van der Waals surface area contributed by atoms with Gasteiger partial charge in [-0.1, -0.05) is 113 Å². The highest BCUT2D eigenvalue weighted by Gasteiger charge is 2.30. The van der Waals surface area contributed by atoms with Crippen molar-refractivity contribution in [3.05, 3.63) is 99.9 Å². The Kier molecular flexibility index (Phi) is 5.78. The summed E-state index contributed by atoms with van der Waals surface area (Å²) in [5.74, 6) is 0. The van der Waals surface area contributed by atoms with Crippen LogP contribution in [0.2, 0.25) is 19.6 Å². The van der Waals surface area contributed by atoms with Gasteiger partial charge in [0.15, 0.2) is 0 Å². The largest absolute Gasteiger partial charge is 0.255 e. The molecule has 0 atom stereocenters. The Morgan fingerprint density at radius 3 is 2.24 bits per heavy atom. The Hall–Kier alpha value is -2.32. The van der Waals surface area contributed by atoms with Gasteiger partial charge >= 0.3 is 0 Å². The van der Waals surface area contributed by atoms with Gasteiger partial charge in [0.25, 0.3) is 0 Å². The molecular weight excluding hydrogens is 366 g/mol. The molecule has 152 valence electrons. The SMILES string of the molecule is C=[N+]1C=C([Si](C)(C)C)C(Cc2ccccc2)=C[C-]1c1cc(C(C)(C)C)ccc1C. The first kappa shape index (κ1) is 21.4. The van der Waals surface area contributed by atoms with Gasteiger partial charge in [0.1, 0.15) is 12.2 Å². The second-order valence-corrected chi connectivity index (χ2v) is 15.3. The van der Waals surface area contributed by atoms with Crippen molar-refractivity contribution in [2.75, 3.05) is 0 Å². The number of hydrogen-bond acceptors (Lipinski definition) is 0. The van der Waals surface area contributed by atoms with Crippen LogP contribution in [0.3, 0.4) is 0 Å². The number of benzene rings is 2. The van der Waals surface area contributed by atoms with Crippen molar-refractivity contribution in [1.29, 1.82) is 0 Å². The molecule has 0 radical (unpaired) electrons. The van der Waals surface area contributed by atoms with E-state index in [0.717, 1.165) is 6.42 Å². The van der Waals surface area contributed by atoms with Crippen LogP contribution in [-0.2, 0) is 11.8 Å². The first-order chi connectivity index (χ1) is 13.5. The van der Waals surface area contributed by atoms with Gasteiger partial charge < -0.3 is 0 Å². The summed E-state index contributed by atoms with van der Waals surface area (Å²) in [4.78, 5) is 0. The molecule has 0 unspecified atom stereocenters. The van der Waals surface area contributed by atoms with Crippen LogP contribution >= 0.6 is 0 Å². The van der Waals surface area contributed by atoms with Crippen LogP contribution in [0.1, 0.15) is 43.0 Å². The van der Waals surface area contributed by atoms with Gasteiger partial charge in [0.2, 0.25) is 0 Å². The van der Waals surface area contributed by atoms with Crippen LogP contribution in [0.15, 0.2) is 71.6 Å². The van der Waals surface area contributed by atoms with Crippen LogP contribution in [0.25, 0.3) is 0 Å². The van der Waals surface area contributed by atoms with Crippen molar-refractivity contribution in [2.24, 2.45) is 0 Å². The second-order valence-electron chi connectivity index (χ2n) is 10.3. The lowest BCUT2D eigenvalue weighted by Gasteiger charge is -2.32. The summed E-state index contributed by atoms with van der Waals surface area (Å²) in [6.07, 6.45) is 5.65. The molecule has 1 aliphatic heterocycles. The predicted molar refractivity (Wildman–Crippen MR) is 129 cm³/mol. The maximum absolute atomic E-state index is 4.39. The smallest absolute Gasteiger partial charge is 0.147 e. The van der Waals surface area contributed by atoms with Gasteiger partial charge in [-0.2, -0.15) is 0 Å². The van der Waals surface area contributed by atoms with Gasteiger partial charge in [-0.25, -0.2) is 0 Å². The molecule has 0 spiro atoms. The van der Waals surface area contributed by atoms with Crippen molar-refractivity contribution in [1.82, 2.24) is 0 Å². The van der Waals surface area contributed by atoms with E-state index in [1.54, 1.807) is 0 Å². The minimum Gasteiger partial charge on any atom is -0.255 e. The summed E-state index contributed by atoms with van der Waals surface area (Å²) in [7, 11) is -1.50. The first-order valence-electron chi connectivity index (χ1n) is 10.5. The molecule has 29 heavy (non-hydrogen) atoms. The van der Waals surface area contributed by atoms with Crippen LogP contribution in [-0.4, -0.2) is 19.4 Å². The third-order valence-corrected chi connectivity index (χ3v) is 7.74. The van der Waals surface area contributed by atoms with E-state index in [-0.39, 0.29) is 5.41 Å². The van der Waals surface area contributed by atoms with E-state index in [1.807, 2.05) is 0 Å². The van der Waals surface area contributed by atoms with E-state index in [1.165, 1.54) is 39.1 Å². The molecule has 0 bridgehead atoms. The molecule has 2 aromatic carbocycles. The molecule has 0 saturated carbocycles. The zero-order chi connectivity index (χ0) is 21.4. The summed E-state index contributed by atoms with van der Waals surface area (Å²) in [6, 6.07) is 18.9. The van der Waals surface area contributed by atoms with Crippen LogP contribution in [0.4, 0.5) is 0 Å². The van der Waals surface area contributed by atoms with E-state index in [4.69, 9.17) is 0 Å². The first-order valence-corrected chi connectivity index (χ1v) is 14.0. The maximum atomic E-state index is 4.39. The monoisotopic (exact) mass is 401 g/mol. The molecule has 0 amide bonds. The van der Waals surface area contributed by atoms with Crippen LogP contribution in [0, 0.1) is 13.0 Å². The minimum absolute atomic E-state index is 0.125. The molecule has 0 aliphatic carbocycles. The second kappa shape index (κ2) is 7.83. The highest BCUT2D eigenvalue weighted by Crippen LogP contribution is 2.36. The molecule has 1 heterocycles. The third-order valence-electron chi connectivity index (χ3n) is 5.68. The lowest BCUT2D eigenvalue weighted by Crippen LogP contribution is -2.31. The number of rotatable bonds is 4. The highest BCUT2D eigenvalue weighted by molar-refractivity contribution is 6.84. The van der Waals surface area contributed by atoms with Crippen molar-refractivity contribution >= 4 is 14.8 Å². The Bertz CT molecular complexity index is 966. The van der Waals surface area contributed by atoms with Gasteiger partial charge in [0, 0.05) is 0 Å². The van der Waals surface area contributed by atoms with Gasteiger partial charge in [-0.15, -0.1) is 0 Å². The van der Waals surface area contributed by atoms with E-state index in [0.29, 0.717) is 0 Å².